The van der Waals surface area contributed by atoms with E-state index in [1.165, 1.54) is 16.2 Å². The Bertz CT molecular complexity index is 918. The molecule has 2 N–H and O–H groups in total. The van der Waals surface area contributed by atoms with Gasteiger partial charge in [0.2, 0.25) is 5.91 Å². The number of carbonyl (C=O) groups is 2. The molecular formula is C18H16N4O2S. The second-order valence-corrected chi connectivity index (χ2v) is 6.95. The van der Waals surface area contributed by atoms with E-state index in [9.17, 15) is 9.59 Å². The van der Waals surface area contributed by atoms with Gasteiger partial charge in [0.05, 0.1) is 22.3 Å². The molecule has 2 heterocycles. The molecule has 7 heteroatoms. The maximum absolute atomic E-state index is 12.6. The standard InChI is InChI=1S/C18H16N4O2S/c1-11-6-8-12(9-7-11)22-16(23)10-14(17(22)24)20-21-18-19-13-4-2-3-5-15(13)25-18/h2-9,14,20H,10H2,1H3,(H,19,21). The van der Waals surface area contributed by atoms with E-state index in [1.54, 1.807) is 12.1 Å². The molecule has 0 saturated carbocycles. The number of hydrazine groups is 1. The van der Waals surface area contributed by atoms with Crippen molar-refractivity contribution >= 4 is 44.2 Å². The summed E-state index contributed by atoms with van der Waals surface area (Å²) < 4.78 is 1.06. The van der Waals surface area contributed by atoms with Gasteiger partial charge in [-0.1, -0.05) is 41.2 Å². The largest absolute Gasteiger partial charge is 0.296 e. The first-order valence-electron chi connectivity index (χ1n) is 7.92. The number of fused-ring (bicyclic) bond motifs is 1. The number of anilines is 2. The Morgan fingerprint density at radius 1 is 1.12 bits per heavy atom. The number of amides is 2. The van der Waals surface area contributed by atoms with Crippen LogP contribution in [0.3, 0.4) is 0 Å². The third-order valence-electron chi connectivity index (χ3n) is 4.09. The van der Waals surface area contributed by atoms with Crippen LogP contribution in [0.2, 0.25) is 0 Å². The molecule has 1 aliphatic heterocycles. The molecule has 6 nitrogen and oxygen atoms in total. The van der Waals surface area contributed by atoms with Gasteiger partial charge in [0.15, 0.2) is 5.13 Å². The summed E-state index contributed by atoms with van der Waals surface area (Å²) in [6, 6.07) is 14.5. The van der Waals surface area contributed by atoms with Gasteiger partial charge in [0.1, 0.15) is 6.04 Å². The molecule has 3 aromatic rings. The molecule has 0 bridgehead atoms. The molecule has 0 radical (unpaired) electrons. The number of thiazole rings is 1. The average Bonchev–Trinajstić information content (AvgIpc) is 3.14. The molecule has 1 saturated heterocycles. The van der Waals surface area contributed by atoms with Crippen molar-refractivity contribution in [3.63, 3.8) is 0 Å². The van der Waals surface area contributed by atoms with Crippen molar-refractivity contribution in [3.05, 3.63) is 54.1 Å². The van der Waals surface area contributed by atoms with E-state index < -0.39 is 6.04 Å². The zero-order valence-corrected chi connectivity index (χ0v) is 14.3. The molecule has 1 unspecified atom stereocenters. The van der Waals surface area contributed by atoms with Crippen LogP contribution in [-0.2, 0) is 9.59 Å². The lowest BCUT2D eigenvalue weighted by molar-refractivity contribution is -0.121. The minimum absolute atomic E-state index is 0.116. The number of rotatable bonds is 4. The molecule has 1 aromatic heterocycles. The van der Waals surface area contributed by atoms with Gasteiger partial charge >= 0.3 is 0 Å². The van der Waals surface area contributed by atoms with Crippen LogP contribution in [-0.4, -0.2) is 22.8 Å². The van der Waals surface area contributed by atoms with Crippen LogP contribution in [0.5, 0.6) is 0 Å². The highest BCUT2D eigenvalue weighted by Gasteiger charge is 2.39. The molecule has 1 aliphatic rings. The van der Waals surface area contributed by atoms with E-state index in [4.69, 9.17) is 0 Å². The first-order chi connectivity index (χ1) is 12.1. The second-order valence-electron chi connectivity index (χ2n) is 5.92. The highest BCUT2D eigenvalue weighted by Crippen LogP contribution is 2.26. The Morgan fingerprint density at radius 2 is 1.88 bits per heavy atom. The Hall–Kier alpha value is -2.77. The van der Waals surface area contributed by atoms with Gasteiger partial charge in [-0.25, -0.2) is 15.3 Å². The predicted molar refractivity (Wildman–Crippen MR) is 98.5 cm³/mol. The Kier molecular flexibility index (Phi) is 3.95. The number of nitrogens with zero attached hydrogens (tertiary/aromatic N) is 2. The number of aryl methyl sites for hydroxylation is 1. The van der Waals surface area contributed by atoms with Crippen molar-refractivity contribution in [1.29, 1.82) is 0 Å². The maximum Gasteiger partial charge on any atom is 0.253 e. The van der Waals surface area contributed by atoms with Crippen molar-refractivity contribution in [2.24, 2.45) is 0 Å². The lowest BCUT2D eigenvalue weighted by Gasteiger charge is -2.15. The molecule has 0 spiro atoms. The van der Waals surface area contributed by atoms with Crippen molar-refractivity contribution in [3.8, 4) is 0 Å². The van der Waals surface area contributed by atoms with Crippen LogP contribution in [0, 0.1) is 6.92 Å². The third-order valence-corrected chi connectivity index (χ3v) is 5.04. The predicted octanol–water partition coefficient (Wildman–Crippen LogP) is 2.85. The number of hydrogen-bond acceptors (Lipinski definition) is 6. The van der Waals surface area contributed by atoms with Crippen molar-refractivity contribution in [2.45, 2.75) is 19.4 Å². The summed E-state index contributed by atoms with van der Waals surface area (Å²) in [7, 11) is 0. The monoisotopic (exact) mass is 352 g/mol. The van der Waals surface area contributed by atoms with Gasteiger partial charge in [0, 0.05) is 0 Å². The summed E-state index contributed by atoms with van der Waals surface area (Å²) in [6.07, 6.45) is 0.116. The number of imide groups is 1. The quantitative estimate of drug-likeness (QED) is 0.558. The second kappa shape index (κ2) is 6.27. The van der Waals surface area contributed by atoms with Gasteiger partial charge in [-0.15, -0.1) is 0 Å². The normalized spacial score (nSPS) is 17.5. The van der Waals surface area contributed by atoms with Gasteiger partial charge in [-0.3, -0.25) is 15.0 Å². The average molecular weight is 352 g/mol. The molecule has 1 fully saturated rings. The summed E-state index contributed by atoms with van der Waals surface area (Å²) in [5.41, 5.74) is 8.48. The van der Waals surface area contributed by atoms with E-state index >= 15 is 0 Å². The Morgan fingerprint density at radius 3 is 2.64 bits per heavy atom. The molecular weight excluding hydrogens is 336 g/mol. The summed E-state index contributed by atoms with van der Waals surface area (Å²) >= 11 is 1.49. The molecule has 126 valence electrons. The molecule has 1 atom stereocenters. The van der Waals surface area contributed by atoms with Crippen LogP contribution in [0.25, 0.3) is 10.2 Å². The van der Waals surface area contributed by atoms with Crippen molar-refractivity contribution in [2.75, 3.05) is 10.3 Å². The number of hydrogen-bond donors (Lipinski definition) is 2. The molecule has 25 heavy (non-hydrogen) atoms. The van der Waals surface area contributed by atoms with Crippen LogP contribution in [0.15, 0.2) is 48.5 Å². The number of para-hydroxylation sites is 1. The van der Waals surface area contributed by atoms with E-state index in [1.807, 2.05) is 43.3 Å². The van der Waals surface area contributed by atoms with E-state index in [0.717, 1.165) is 15.8 Å². The zero-order valence-electron chi connectivity index (χ0n) is 13.5. The third kappa shape index (κ3) is 2.99. The van der Waals surface area contributed by atoms with Crippen LogP contribution in [0.4, 0.5) is 10.8 Å². The molecule has 0 aliphatic carbocycles. The number of benzene rings is 2. The summed E-state index contributed by atoms with van der Waals surface area (Å²) in [5, 5.41) is 0.662. The van der Waals surface area contributed by atoms with E-state index in [0.29, 0.717) is 10.8 Å². The van der Waals surface area contributed by atoms with Crippen LogP contribution < -0.4 is 15.8 Å². The van der Waals surface area contributed by atoms with Gasteiger partial charge in [-0.05, 0) is 31.2 Å². The fourth-order valence-electron chi connectivity index (χ4n) is 2.78. The lowest BCUT2D eigenvalue weighted by Crippen LogP contribution is -2.41. The molecule has 4 rings (SSSR count). The van der Waals surface area contributed by atoms with Crippen molar-refractivity contribution < 1.29 is 9.59 Å². The minimum atomic E-state index is -0.610. The van der Waals surface area contributed by atoms with Gasteiger partial charge in [0.25, 0.3) is 5.91 Å². The molecule has 2 aromatic carbocycles. The van der Waals surface area contributed by atoms with Crippen LogP contribution in [0.1, 0.15) is 12.0 Å². The topological polar surface area (TPSA) is 74.3 Å². The van der Waals surface area contributed by atoms with Crippen LogP contribution >= 0.6 is 11.3 Å². The van der Waals surface area contributed by atoms with Crippen molar-refractivity contribution in [1.82, 2.24) is 10.4 Å². The number of aromatic nitrogens is 1. The fourth-order valence-corrected chi connectivity index (χ4v) is 3.61. The molecule has 2 amide bonds. The minimum Gasteiger partial charge on any atom is -0.296 e. The summed E-state index contributed by atoms with van der Waals surface area (Å²) in [4.78, 5) is 30.5. The van der Waals surface area contributed by atoms with E-state index in [2.05, 4.69) is 15.8 Å². The first-order valence-corrected chi connectivity index (χ1v) is 8.74. The maximum atomic E-state index is 12.6. The van der Waals surface area contributed by atoms with Gasteiger partial charge in [-0.2, -0.15) is 0 Å². The Labute approximate surface area is 148 Å². The Balaban J connectivity index is 1.47. The number of nitrogens with one attached hydrogen (secondary N) is 2. The first kappa shape index (κ1) is 15.7. The summed E-state index contributed by atoms with van der Waals surface area (Å²) in [5.74, 6) is -0.472. The smallest absolute Gasteiger partial charge is 0.253 e. The highest BCUT2D eigenvalue weighted by molar-refractivity contribution is 7.22. The van der Waals surface area contributed by atoms with Gasteiger partial charge < -0.3 is 0 Å². The lowest BCUT2D eigenvalue weighted by atomic mass is 10.2. The zero-order chi connectivity index (χ0) is 17.4. The number of carbonyl (C=O) groups excluding carboxylic acids is 2. The SMILES string of the molecule is Cc1ccc(N2C(=O)CC(NNc3nc4ccccc4s3)C2=O)cc1. The summed E-state index contributed by atoms with van der Waals surface area (Å²) in [6.45, 7) is 1.96. The highest BCUT2D eigenvalue weighted by atomic mass is 32.1. The fraction of sp³-hybridized carbons (Fsp3) is 0.167. The van der Waals surface area contributed by atoms with E-state index in [-0.39, 0.29) is 18.2 Å².